The molecule has 2 N–H and O–H groups in total. The Morgan fingerprint density at radius 2 is 1.48 bits per heavy atom. The molecule has 0 heterocycles. The molecule has 0 aliphatic rings. The van der Waals surface area contributed by atoms with Crippen LogP contribution in [0, 0.1) is 0 Å². The van der Waals surface area contributed by atoms with E-state index in [9.17, 15) is 9.59 Å². The lowest BCUT2D eigenvalue weighted by Crippen LogP contribution is -2.24. The Hall–Kier alpha value is -3.11. The summed E-state index contributed by atoms with van der Waals surface area (Å²) in [6.45, 7) is 2.57. The van der Waals surface area contributed by atoms with Crippen molar-refractivity contribution in [2.45, 2.75) is 19.3 Å². The highest BCUT2D eigenvalue weighted by atomic mass is 35.5. The first-order valence-electron chi connectivity index (χ1n) is 9.58. The van der Waals surface area contributed by atoms with E-state index in [1.165, 1.54) is 0 Å². The third-order valence-electron chi connectivity index (χ3n) is 4.54. The summed E-state index contributed by atoms with van der Waals surface area (Å²) < 4.78 is 0. The van der Waals surface area contributed by atoms with Gasteiger partial charge in [0.1, 0.15) is 0 Å². The van der Waals surface area contributed by atoms with E-state index < -0.39 is 5.92 Å². The van der Waals surface area contributed by atoms with E-state index in [0.29, 0.717) is 22.8 Å². The van der Waals surface area contributed by atoms with E-state index in [1.807, 2.05) is 67.6 Å². The number of rotatable bonds is 7. The second-order valence-corrected chi connectivity index (χ2v) is 7.10. The molecule has 5 heteroatoms. The van der Waals surface area contributed by atoms with Gasteiger partial charge in [0.25, 0.3) is 5.91 Å². The Morgan fingerprint density at radius 3 is 2.00 bits per heavy atom. The molecule has 0 bridgehead atoms. The van der Waals surface area contributed by atoms with Gasteiger partial charge in [-0.3, -0.25) is 9.59 Å². The van der Waals surface area contributed by atoms with E-state index in [0.717, 1.165) is 17.5 Å². The highest BCUT2D eigenvalue weighted by Gasteiger charge is 2.23. The monoisotopic (exact) mass is 406 g/mol. The predicted molar refractivity (Wildman–Crippen MR) is 117 cm³/mol. The van der Waals surface area contributed by atoms with Crippen molar-refractivity contribution in [1.82, 2.24) is 5.32 Å². The molecular formula is C24H23ClN2O2. The third kappa shape index (κ3) is 5.24. The molecule has 0 fully saturated rings. The van der Waals surface area contributed by atoms with Crippen LogP contribution in [0.25, 0.3) is 0 Å². The van der Waals surface area contributed by atoms with Crippen LogP contribution in [-0.4, -0.2) is 18.4 Å². The Labute approximate surface area is 175 Å². The Balaban J connectivity index is 1.83. The van der Waals surface area contributed by atoms with Gasteiger partial charge in [0.15, 0.2) is 0 Å². The maximum Gasteiger partial charge on any atom is 0.252 e. The minimum atomic E-state index is -0.455. The van der Waals surface area contributed by atoms with Gasteiger partial charge in [0, 0.05) is 12.2 Å². The maximum atomic E-state index is 13.2. The molecule has 4 nitrogen and oxygen atoms in total. The van der Waals surface area contributed by atoms with Crippen molar-refractivity contribution in [3.63, 3.8) is 0 Å². The molecular weight excluding hydrogens is 384 g/mol. The molecule has 0 saturated carbocycles. The molecule has 0 spiro atoms. The fourth-order valence-electron chi connectivity index (χ4n) is 3.11. The number of hydrogen-bond donors (Lipinski definition) is 2. The van der Waals surface area contributed by atoms with Crippen LogP contribution in [0.15, 0.2) is 78.9 Å². The van der Waals surface area contributed by atoms with Gasteiger partial charge in [0.05, 0.1) is 16.5 Å². The van der Waals surface area contributed by atoms with E-state index >= 15 is 0 Å². The lowest BCUT2D eigenvalue weighted by Gasteiger charge is -2.18. The van der Waals surface area contributed by atoms with E-state index in [-0.39, 0.29) is 11.8 Å². The van der Waals surface area contributed by atoms with E-state index in [2.05, 4.69) is 10.6 Å². The van der Waals surface area contributed by atoms with Crippen LogP contribution in [0.2, 0.25) is 5.02 Å². The van der Waals surface area contributed by atoms with Gasteiger partial charge in [-0.15, -0.1) is 0 Å². The zero-order valence-electron chi connectivity index (χ0n) is 16.2. The molecule has 0 atom stereocenters. The van der Waals surface area contributed by atoms with Crippen molar-refractivity contribution in [2.75, 3.05) is 11.9 Å². The average molecular weight is 407 g/mol. The smallest absolute Gasteiger partial charge is 0.252 e. The van der Waals surface area contributed by atoms with Crippen LogP contribution < -0.4 is 10.6 Å². The number of anilines is 1. The molecule has 0 unspecified atom stereocenters. The molecule has 3 aromatic rings. The molecule has 2 amide bonds. The first-order valence-corrected chi connectivity index (χ1v) is 9.96. The number of carbonyl (C=O) groups excluding carboxylic acids is 2. The molecule has 3 rings (SSSR count). The van der Waals surface area contributed by atoms with Crippen LogP contribution in [0.4, 0.5) is 5.69 Å². The van der Waals surface area contributed by atoms with Crippen molar-refractivity contribution in [1.29, 1.82) is 0 Å². The molecule has 0 aliphatic heterocycles. The number of amides is 2. The first kappa shape index (κ1) is 20.6. The van der Waals surface area contributed by atoms with Crippen LogP contribution >= 0.6 is 11.6 Å². The summed E-state index contributed by atoms with van der Waals surface area (Å²) in [7, 11) is 0. The van der Waals surface area contributed by atoms with Crippen molar-refractivity contribution in [3.8, 4) is 0 Å². The Morgan fingerprint density at radius 1 is 0.897 bits per heavy atom. The minimum Gasteiger partial charge on any atom is -0.352 e. The fourth-order valence-corrected chi connectivity index (χ4v) is 3.38. The van der Waals surface area contributed by atoms with Gasteiger partial charge < -0.3 is 10.6 Å². The minimum absolute atomic E-state index is 0.165. The van der Waals surface area contributed by atoms with Crippen LogP contribution in [0.3, 0.4) is 0 Å². The number of hydrogen-bond acceptors (Lipinski definition) is 2. The summed E-state index contributed by atoms with van der Waals surface area (Å²) in [5.74, 6) is -0.841. The van der Waals surface area contributed by atoms with Crippen molar-refractivity contribution >= 4 is 29.1 Å². The van der Waals surface area contributed by atoms with E-state index in [1.54, 1.807) is 18.2 Å². The lowest BCUT2D eigenvalue weighted by atomic mass is 9.90. The fraction of sp³-hybridized carbons (Fsp3) is 0.167. The second-order valence-electron chi connectivity index (χ2n) is 6.69. The molecule has 29 heavy (non-hydrogen) atoms. The highest BCUT2D eigenvalue weighted by molar-refractivity contribution is 6.34. The molecule has 0 radical (unpaired) electrons. The normalized spacial score (nSPS) is 10.6. The van der Waals surface area contributed by atoms with Crippen LogP contribution in [0.1, 0.15) is 40.7 Å². The number of nitrogens with one attached hydrogen (secondary N) is 2. The summed E-state index contributed by atoms with van der Waals surface area (Å²) in [5, 5.41) is 6.03. The van der Waals surface area contributed by atoms with Gasteiger partial charge >= 0.3 is 0 Å². The van der Waals surface area contributed by atoms with E-state index in [4.69, 9.17) is 11.6 Å². The Bertz CT molecular complexity index is 935. The molecule has 0 aromatic heterocycles. The van der Waals surface area contributed by atoms with Gasteiger partial charge in [-0.05, 0) is 35.7 Å². The van der Waals surface area contributed by atoms with Crippen molar-refractivity contribution < 1.29 is 9.59 Å². The summed E-state index contributed by atoms with van der Waals surface area (Å²) in [6.07, 6.45) is 0.845. The third-order valence-corrected chi connectivity index (χ3v) is 4.86. The summed E-state index contributed by atoms with van der Waals surface area (Å²) >= 11 is 6.29. The number of halogens is 1. The zero-order chi connectivity index (χ0) is 20.6. The topological polar surface area (TPSA) is 58.2 Å². The summed E-state index contributed by atoms with van der Waals surface area (Å²) in [4.78, 5) is 25.3. The molecule has 3 aromatic carbocycles. The summed E-state index contributed by atoms with van der Waals surface area (Å²) in [6, 6.07) is 24.2. The maximum absolute atomic E-state index is 13.2. The van der Waals surface area contributed by atoms with Crippen molar-refractivity contribution in [3.05, 3.63) is 101 Å². The van der Waals surface area contributed by atoms with Gasteiger partial charge in [0.2, 0.25) is 5.91 Å². The average Bonchev–Trinajstić information content (AvgIpc) is 2.74. The number of carbonyl (C=O) groups is 2. The molecule has 148 valence electrons. The van der Waals surface area contributed by atoms with Gasteiger partial charge in [-0.25, -0.2) is 0 Å². The lowest BCUT2D eigenvalue weighted by molar-refractivity contribution is -0.116. The SMILES string of the molecule is CCCNC(=O)c1ccc(NC(=O)C(c2ccccc2)c2ccccc2)cc1Cl. The first-order chi connectivity index (χ1) is 14.1. The highest BCUT2D eigenvalue weighted by Crippen LogP contribution is 2.27. The van der Waals surface area contributed by atoms with Gasteiger partial charge in [-0.2, -0.15) is 0 Å². The van der Waals surface area contributed by atoms with Gasteiger partial charge in [-0.1, -0.05) is 79.2 Å². The van der Waals surface area contributed by atoms with Crippen molar-refractivity contribution in [2.24, 2.45) is 0 Å². The number of benzene rings is 3. The molecule has 0 saturated heterocycles. The Kier molecular flexibility index (Phi) is 7.04. The molecule has 0 aliphatic carbocycles. The standard InChI is InChI=1S/C24H23ClN2O2/c1-2-15-26-23(28)20-14-13-19(16-21(20)25)27-24(29)22(17-9-5-3-6-10-17)18-11-7-4-8-12-18/h3-14,16,22H,2,15H2,1H3,(H,26,28)(H,27,29). The predicted octanol–water partition coefficient (Wildman–Crippen LogP) is 5.25. The van der Waals surface area contributed by atoms with Crippen LogP contribution in [0.5, 0.6) is 0 Å². The largest absolute Gasteiger partial charge is 0.352 e. The summed E-state index contributed by atoms with van der Waals surface area (Å²) in [5.41, 5.74) is 2.74. The quantitative estimate of drug-likeness (QED) is 0.563. The van der Waals surface area contributed by atoms with Crippen LogP contribution in [-0.2, 0) is 4.79 Å². The second kappa shape index (κ2) is 9.89. The zero-order valence-corrected chi connectivity index (χ0v) is 16.9.